The van der Waals surface area contributed by atoms with Gasteiger partial charge in [0.25, 0.3) is 0 Å². The fourth-order valence-corrected chi connectivity index (χ4v) is 4.61. The van der Waals surface area contributed by atoms with E-state index in [0.717, 1.165) is 29.0 Å². The average molecular weight is 477 g/mol. The molecule has 4 aromatic carbocycles. The van der Waals surface area contributed by atoms with Gasteiger partial charge >= 0.3 is 0 Å². The molecule has 0 aliphatic carbocycles. The molecule has 0 fully saturated rings. The van der Waals surface area contributed by atoms with E-state index in [9.17, 15) is 5.21 Å². The van der Waals surface area contributed by atoms with Crippen LogP contribution in [0.3, 0.4) is 0 Å². The number of anilines is 2. The first-order valence-corrected chi connectivity index (χ1v) is 13.5. The van der Waals surface area contributed by atoms with Gasteiger partial charge in [0.2, 0.25) is 0 Å². The van der Waals surface area contributed by atoms with Crippen molar-refractivity contribution in [2.75, 3.05) is 5.06 Å². The van der Waals surface area contributed by atoms with Gasteiger partial charge in [0.15, 0.2) is 0 Å². The Bertz CT molecular complexity index is 1080. The minimum Gasteiger partial charge on any atom is -0.188 e. The van der Waals surface area contributed by atoms with E-state index < -0.39 is 0 Å². The zero-order chi connectivity index (χ0) is 25.2. The predicted molar refractivity (Wildman–Crippen MR) is 153 cm³/mol. The van der Waals surface area contributed by atoms with E-state index in [1.807, 2.05) is 48.5 Å². The van der Waals surface area contributed by atoms with Crippen molar-refractivity contribution < 1.29 is 5.21 Å². The van der Waals surface area contributed by atoms with Crippen molar-refractivity contribution in [3.8, 4) is 22.3 Å². The highest BCUT2D eigenvalue weighted by Gasteiger charge is 2.09. The molecule has 0 saturated carbocycles. The van der Waals surface area contributed by atoms with Crippen LogP contribution >= 0.6 is 0 Å². The van der Waals surface area contributed by atoms with Gasteiger partial charge in [-0.1, -0.05) is 118 Å². The number of hydrogen-bond acceptors (Lipinski definition) is 1. The van der Waals surface area contributed by atoms with Crippen LogP contribution in [-0.2, 0) is 18.0 Å². The lowest BCUT2D eigenvalue weighted by Gasteiger charge is -2.15. The third-order valence-corrected chi connectivity index (χ3v) is 6.92. The summed E-state index contributed by atoms with van der Waals surface area (Å²) in [6, 6.07) is 33.4. The minimum atomic E-state index is 0.638. The first kappa shape index (κ1) is 25.7. The summed E-state index contributed by atoms with van der Waals surface area (Å²) in [6.45, 7) is 4.47. The number of aryl methyl sites for hydroxylation is 2. The molecule has 4 rings (SSSR count). The van der Waals surface area contributed by atoms with Crippen LogP contribution in [0.1, 0.15) is 63.5 Å². The van der Waals surface area contributed by atoms with E-state index >= 15 is 0 Å². The summed E-state index contributed by atoms with van der Waals surface area (Å²) in [5, 5.41) is 14.0. The van der Waals surface area contributed by atoms with E-state index in [0.29, 0.717) is 11.4 Å². The Kier molecular flexibility index (Phi) is 9.35. The highest BCUT2D eigenvalue weighted by molar-refractivity contribution is 5.71. The molecule has 185 valence electrons. The summed E-state index contributed by atoms with van der Waals surface area (Å²) in [5.41, 5.74) is 8.67. The molecule has 0 atom stereocenters. The van der Waals surface area contributed by atoms with Crippen LogP contribution in [0.25, 0.3) is 22.3 Å². The maximum atomic E-state index is 13.0. The van der Waals surface area contributed by atoms with Gasteiger partial charge in [-0.15, -0.1) is 0 Å². The Hall–Kier alpha value is -3.36. The second-order valence-corrected chi connectivity index (χ2v) is 9.70. The van der Waals surface area contributed by atoms with Gasteiger partial charge in [0, 0.05) is 0 Å². The minimum absolute atomic E-state index is 0.638. The van der Waals surface area contributed by atoms with Gasteiger partial charge in [-0.2, -0.15) is 5.06 Å². The molecule has 0 spiro atoms. The number of benzene rings is 4. The molecule has 36 heavy (non-hydrogen) atoms. The van der Waals surface area contributed by atoms with Crippen molar-refractivity contribution in [2.45, 2.75) is 65.2 Å². The van der Waals surface area contributed by atoms with Crippen LogP contribution in [0, 0.1) is 0 Å². The van der Waals surface area contributed by atoms with Crippen molar-refractivity contribution in [3.05, 3.63) is 108 Å². The van der Waals surface area contributed by atoms with E-state index in [1.165, 1.54) is 60.8 Å². The molecule has 0 N–H and O–H groups in total. The van der Waals surface area contributed by atoms with Gasteiger partial charge in [-0.3, -0.25) is 0 Å². The zero-order valence-corrected chi connectivity index (χ0v) is 21.7. The maximum absolute atomic E-state index is 13.0. The molecule has 0 aliphatic heterocycles. The molecule has 0 aliphatic rings. The lowest BCUT2D eigenvalue weighted by molar-refractivity contribution is 0.196. The van der Waals surface area contributed by atoms with Gasteiger partial charge in [0.05, 0.1) is 11.4 Å². The third-order valence-electron chi connectivity index (χ3n) is 6.92. The molecule has 0 saturated heterocycles. The SMILES string of the molecule is CCCCCc1ccc(-c2ccc(N([O])c3ccc(-c4ccc(CCCCC)cc4)cc3)cc2)cc1. The maximum Gasteiger partial charge on any atom is 0.0727 e. The number of hydrogen-bond donors (Lipinski definition) is 0. The van der Waals surface area contributed by atoms with Crippen LogP contribution in [0.15, 0.2) is 97.1 Å². The summed E-state index contributed by atoms with van der Waals surface area (Å²) in [5.74, 6) is 0. The topological polar surface area (TPSA) is 23.1 Å². The lowest BCUT2D eigenvalue weighted by atomic mass is 10.0. The smallest absolute Gasteiger partial charge is 0.0727 e. The van der Waals surface area contributed by atoms with Gasteiger partial charge in [-0.05, 0) is 83.3 Å². The average Bonchev–Trinajstić information content (AvgIpc) is 2.94. The molecular formula is C34H38NO. The van der Waals surface area contributed by atoms with Crippen molar-refractivity contribution >= 4 is 11.4 Å². The molecule has 2 nitrogen and oxygen atoms in total. The van der Waals surface area contributed by atoms with Crippen LogP contribution in [-0.4, -0.2) is 0 Å². The van der Waals surface area contributed by atoms with E-state index in [1.54, 1.807) is 0 Å². The van der Waals surface area contributed by atoms with Gasteiger partial charge in [0.1, 0.15) is 0 Å². The molecular weight excluding hydrogens is 438 g/mol. The lowest BCUT2D eigenvalue weighted by Crippen LogP contribution is -2.07. The third kappa shape index (κ3) is 6.86. The van der Waals surface area contributed by atoms with E-state index in [-0.39, 0.29) is 0 Å². The Morgan fingerprint density at radius 3 is 1.06 bits per heavy atom. The molecule has 2 heteroatoms. The fourth-order valence-electron chi connectivity index (χ4n) is 4.61. The Morgan fingerprint density at radius 2 is 0.750 bits per heavy atom. The molecule has 4 aromatic rings. The molecule has 0 bridgehead atoms. The second kappa shape index (κ2) is 13.1. The number of unbranched alkanes of at least 4 members (excludes halogenated alkanes) is 4. The van der Waals surface area contributed by atoms with Crippen LogP contribution in [0.2, 0.25) is 0 Å². The summed E-state index contributed by atoms with van der Waals surface area (Å²) in [6.07, 6.45) is 9.83. The van der Waals surface area contributed by atoms with Crippen LogP contribution in [0.5, 0.6) is 0 Å². The fraction of sp³-hybridized carbons (Fsp3) is 0.294. The van der Waals surface area contributed by atoms with Crippen molar-refractivity contribution in [1.29, 1.82) is 0 Å². The highest BCUT2D eigenvalue weighted by Crippen LogP contribution is 2.30. The van der Waals surface area contributed by atoms with Crippen LogP contribution in [0.4, 0.5) is 11.4 Å². The summed E-state index contributed by atoms with van der Waals surface area (Å²) in [7, 11) is 0. The summed E-state index contributed by atoms with van der Waals surface area (Å²) in [4.78, 5) is 0. The van der Waals surface area contributed by atoms with Crippen molar-refractivity contribution in [1.82, 2.24) is 0 Å². The largest absolute Gasteiger partial charge is 0.188 e. The molecule has 0 amide bonds. The zero-order valence-electron chi connectivity index (χ0n) is 21.7. The number of nitrogens with zero attached hydrogens (tertiary/aromatic N) is 1. The van der Waals surface area contributed by atoms with Crippen molar-refractivity contribution in [2.24, 2.45) is 0 Å². The summed E-state index contributed by atoms with van der Waals surface area (Å²) < 4.78 is 0. The standard InChI is InChI=1S/C34H38NO/c1-3-5-7-9-27-11-15-29(16-12-27)31-19-23-33(24-20-31)35(36)34-25-21-32(22-26-34)30-17-13-28(14-18-30)10-8-6-4-2/h11-26H,3-10H2,1-2H3. The monoisotopic (exact) mass is 476 g/mol. The van der Waals surface area contributed by atoms with Crippen LogP contribution < -0.4 is 5.06 Å². The predicted octanol–water partition coefficient (Wildman–Crippen LogP) is 9.97. The van der Waals surface area contributed by atoms with E-state index in [4.69, 9.17) is 0 Å². The Labute approximate surface area is 217 Å². The first-order valence-electron chi connectivity index (χ1n) is 13.5. The highest BCUT2D eigenvalue weighted by atomic mass is 16.5. The quantitative estimate of drug-likeness (QED) is 0.147. The molecule has 1 radical (unpaired) electrons. The molecule has 0 unspecified atom stereocenters. The normalized spacial score (nSPS) is 11.0. The molecule has 0 heterocycles. The Morgan fingerprint density at radius 1 is 0.444 bits per heavy atom. The van der Waals surface area contributed by atoms with Crippen molar-refractivity contribution in [3.63, 3.8) is 0 Å². The summed E-state index contributed by atoms with van der Waals surface area (Å²) >= 11 is 0. The first-order chi connectivity index (χ1) is 17.7. The number of rotatable bonds is 12. The molecule has 0 aromatic heterocycles. The van der Waals surface area contributed by atoms with Gasteiger partial charge < -0.3 is 0 Å². The van der Waals surface area contributed by atoms with Gasteiger partial charge in [-0.25, -0.2) is 0 Å². The second-order valence-electron chi connectivity index (χ2n) is 9.70. The Balaban J connectivity index is 1.38. The van der Waals surface area contributed by atoms with E-state index in [2.05, 4.69) is 62.4 Å².